The summed E-state index contributed by atoms with van der Waals surface area (Å²) in [5.74, 6) is -1.52. The minimum Gasteiger partial charge on any atom is -0.483 e. The van der Waals surface area contributed by atoms with Crippen molar-refractivity contribution in [1.82, 2.24) is 0 Å². The summed E-state index contributed by atoms with van der Waals surface area (Å²) >= 11 is 0. The molecule has 0 aromatic heterocycles. The highest BCUT2D eigenvalue weighted by Crippen LogP contribution is 2.21. The number of carbonyl (C=O) groups is 2. The summed E-state index contributed by atoms with van der Waals surface area (Å²) < 4.78 is 13.1. The lowest BCUT2D eigenvalue weighted by Gasteiger charge is -2.09. The molecule has 0 radical (unpaired) electrons. The molecule has 0 bridgehead atoms. The smallest absolute Gasteiger partial charge is 0.303 e. The van der Waals surface area contributed by atoms with Crippen molar-refractivity contribution >= 4 is 12.4 Å². The molecule has 1 unspecified atom stereocenters. The molecule has 0 aliphatic rings. The van der Waals surface area contributed by atoms with Gasteiger partial charge in [0.25, 0.3) is 6.47 Å². The number of carboxylic acid groups (broad SMARTS) is 2. The van der Waals surface area contributed by atoms with Gasteiger partial charge in [-0.15, -0.1) is 0 Å². The molecule has 0 spiro atoms. The van der Waals surface area contributed by atoms with Crippen LogP contribution in [0.1, 0.15) is 38.7 Å². The third-order valence-electron chi connectivity index (χ3n) is 1.92. The summed E-state index contributed by atoms with van der Waals surface area (Å²) in [6.07, 6.45) is -0.0407. The Morgan fingerprint density at radius 2 is 1.83 bits per heavy atom. The van der Waals surface area contributed by atoms with Crippen molar-refractivity contribution in [1.29, 1.82) is 0 Å². The Morgan fingerprint density at radius 1 is 1.39 bits per heavy atom. The largest absolute Gasteiger partial charge is 0.483 e. The highest BCUT2D eigenvalue weighted by molar-refractivity contribution is 5.67. The maximum Gasteiger partial charge on any atom is 0.303 e. The Kier molecular flexibility index (Phi) is 11.9. The summed E-state index contributed by atoms with van der Waals surface area (Å²) in [5, 5.41) is 15.4. The Hall–Kier alpha value is -1.91. The van der Waals surface area contributed by atoms with E-state index >= 15 is 0 Å². The molecule has 1 rings (SSSR count). The van der Waals surface area contributed by atoms with Crippen molar-refractivity contribution in [3.63, 3.8) is 0 Å². The zero-order valence-corrected chi connectivity index (χ0v) is 10.8. The van der Waals surface area contributed by atoms with E-state index in [1.807, 2.05) is 13.8 Å². The highest BCUT2D eigenvalue weighted by Gasteiger charge is 2.13. The number of hydrogen-bond acceptors (Lipinski definition) is 2. The van der Waals surface area contributed by atoms with Crippen LogP contribution in [-0.2, 0) is 9.59 Å². The lowest BCUT2D eigenvalue weighted by molar-refractivity contribution is -0.137. The summed E-state index contributed by atoms with van der Waals surface area (Å²) in [6.45, 7) is 5.45. The van der Waals surface area contributed by atoms with E-state index in [9.17, 15) is 9.18 Å². The number of hydrogen-bond donors (Lipinski definition) is 2. The molecule has 0 saturated carbocycles. The zero-order chi connectivity index (χ0) is 14.6. The van der Waals surface area contributed by atoms with Crippen LogP contribution < -0.4 is 0 Å². The topological polar surface area (TPSA) is 74.6 Å². The first-order chi connectivity index (χ1) is 8.52. The van der Waals surface area contributed by atoms with E-state index in [1.165, 1.54) is 6.07 Å². The number of aliphatic carboxylic acids is 1. The predicted octanol–water partition coefficient (Wildman–Crippen LogP) is 3.13. The minimum atomic E-state index is -0.907. The summed E-state index contributed by atoms with van der Waals surface area (Å²) in [6, 6.07) is 6.25. The van der Waals surface area contributed by atoms with E-state index in [0.717, 1.165) is 0 Å². The van der Waals surface area contributed by atoms with Crippen LogP contribution in [0.25, 0.3) is 0 Å². The monoisotopic (exact) mass is 258 g/mol. The van der Waals surface area contributed by atoms with E-state index in [2.05, 4.69) is 0 Å². The molecular formula is C13H19FO4. The Balaban J connectivity index is 0. The van der Waals surface area contributed by atoms with Crippen molar-refractivity contribution in [2.45, 2.75) is 33.1 Å². The van der Waals surface area contributed by atoms with Gasteiger partial charge < -0.3 is 10.2 Å². The van der Waals surface area contributed by atoms with Crippen LogP contribution in [-0.4, -0.2) is 22.7 Å². The van der Waals surface area contributed by atoms with Crippen molar-refractivity contribution in [2.24, 2.45) is 0 Å². The highest BCUT2D eigenvalue weighted by atomic mass is 19.1. The fourth-order valence-electron chi connectivity index (χ4n) is 1.25. The minimum absolute atomic E-state index is 0.0407. The van der Waals surface area contributed by atoms with Gasteiger partial charge in [0.2, 0.25) is 0 Å². The normalized spacial score (nSPS) is 10.0. The number of benzene rings is 1. The molecule has 0 aliphatic heterocycles. The summed E-state index contributed by atoms with van der Waals surface area (Å²) in [4.78, 5) is 18.7. The second-order valence-corrected chi connectivity index (χ2v) is 3.13. The van der Waals surface area contributed by atoms with Gasteiger partial charge >= 0.3 is 5.97 Å². The van der Waals surface area contributed by atoms with Gasteiger partial charge in [-0.3, -0.25) is 9.59 Å². The molecule has 0 saturated heterocycles. The molecule has 1 aromatic rings. The van der Waals surface area contributed by atoms with Gasteiger partial charge in [-0.25, -0.2) is 4.39 Å². The molecule has 0 aliphatic carbocycles. The first kappa shape index (κ1) is 18.5. The van der Waals surface area contributed by atoms with Crippen molar-refractivity contribution in [3.05, 3.63) is 35.6 Å². The van der Waals surface area contributed by atoms with E-state index in [1.54, 1.807) is 25.1 Å². The van der Waals surface area contributed by atoms with Crippen LogP contribution in [0.4, 0.5) is 4.39 Å². The first-order valence-corrected chi connectivity index (χ1v) is 5.57. The van der Waals surface area contributed by atoms with E-state index in [-0.39, 0.29) is 24.6 Å². The SMILES string of the molecule is CC.CC(CC(=O)O)c1ccccc1F.O=CO. The molecular weight excluding hydrogens is 239 g/mol. The Labute approximate surface area is 106 Å². The van der Waals surface area contributed by atoms with Crippen molar-refractivity contribution in [2.75, 3.05) is 0 Å². The second kappa shape index (κ2) is 11.6. The third kappa shape index (κ3) is 8.27. The molecule has 102 valence electrons. The quantitative estimate of drug-likeness (QED) is 0.817. The lowest BCUT2D eigenvalue weighted by Crippen LogP contribution is -2.04. The first-order valence-electron chi connectivity index (χ1n) is 5.57. The molecule has 1 aromatic carbocycles. The van der Waals surface area contributed by atoms with Crippen LogP contribution in [0.3, 0.4) is 0 Å². The van der Waals surface area contributed by atoms with Crippen LogP contribution in [0.15, 0.2) is 24.3 Å². The fourth-order valence-corrected chi connectivity index (χ4v) is 1.25. The fraction of sp³-hybridized carbons (Fsp3) is 0.385. The van der Waals surface area contributed by atoms with Crippen LogP contribution >= 0.6 is 0 Å². The average molecular weight is 258 g/mol. The number of carboxylic acids is 1. The third-order valence-corrected chi connectivity index (χ3v) is 1.92. The number of rotatable bonds is 3. The van der Waals surface area contributed by atoms with E-state index in [0.29, 0.717) is 5.56 Å². The predicted molar refractivity (Wildman–Crippen MR) is 67.1 cm³/mol. The number of halogens is 1. The summed E-state index contributed by atoms with van der Waals surface area (Å²) in [7, 11) is 0. The van der Waals surface area contributed by atoms with E-state index in [4.69, 9.17) is 15.0 Å². The van der Waals surface area contributed by atoms with Gasteiger partial charge in [0.05, 0.1) is 6.42 Å². The summed E-state index contributed by atoms with van der Waals surface area (Å²) in [5.41, 5.74) is 0.463. The van der Waals surface area contributed by atoms with Crippen molar-refractivity contribution in [3.8, 4) is 0 Å². The van der Waals surface area contributed by atoms with Gasteiger partial charge in [-0.1, -0.05) is 39.0 Å². The van der Waals surface area contributed by atoms with Crippen LogP contribution in [0.5, 0.6) is 0 Å². The van der Waals surface area contributed by atoms with Gasteiger partial charge in [0.15, 0.2) is 0 Å². The maximum atomic E-state index is 13.1. The molecule has 4 nitrogen and oxygen atoms in total. The second-order valence-electron chi connectivity index (χ2n) is 3.13. The maximum absolute atomic E-state index is 13.1. The van der Waals surface area contributed by atoms with Crippen LogP contribution in [0.2, 0.25) is 0 Å². The van der Waals surface area contributed by atoms with Gasteiger partial charge in [0, 0.05) is 0 Å². The standard InChI is InChI=1S/C10H11FO2.C2H6.CH2O2/c1-7(6-10(12)13)8-4-2-3-5-9(8)11;1-2;2-1-3/h2-5,7H,6H2,1H3,(H,12,13);1-2H3;1H,(H,2,3). The lowest BCUT2D eigenvalue weighted by atomic mass is 9.97. The molecule has 2 N–H and O–H groups in total. The zero-order valence-electron chi connectivity index (χ0n) is 10.8. The Bertz CT molecular complexity index is 353. The van der Waals surface area contributed by atoms with Crippen LogP contribution in [0, 0.1) is 5.82 Å². The van der Waals surface area contributed by atoms with E-state index < -0.39 is 5.97 Å². The molecule has 18 heavy (non-hydrogen) atoms. The molecule has 0 fully saturated rings. The van der Waals surface area contributed by atoms with Gasteiger partial charge in [-0.2, -0.15) is 0 Å². The Morgan fingerprint density at radius 3 is 2.22 bits per heavy atom. The molecule has 0 amide bonds. The molecule has 5 heteroatoms. The van der Waals surface area contributed by atoms with Crippen molar-refractivity contribution < 1.29 is 24.2 Å². The average Bonchev–Trinajstić information content (AvgIpc) is 2.32. The molecule has 0 heterocycles. The van der Waals surface area contributed by atoms with Gasteiger partial charge in [0.1, 0.15) is 5.82 Å². The molecule has 1 atom stereocenters. The van der Waals surface area contributed by atoms with Gasteiger partial charge in [-0.05, 0) is 17.5 Å².